The molecule has 0 bridgehead atoms. The maximum Gasteiger partial charge on any atom is 0.469 e. The van der Waals surface area contributed by atoms with E-state index in [2.05, 4.69) is 14.5 Å². The second-order valence-electron chi connectivity index (χ2n) is 3.63. The van der Waals surface area contributed by atoms with E-state index in [4.69, 9.17) is 20.1 Å². The molecule has 11 nitrogen and oxygen atoms in total. The van der Waals surface area contributed by atoms with Crippen LogP contribution >= 0.6 is 7.82 Å². The van der Waals surface area contributed by atoms with Gasteiger partial charge in [-0.25, -0.2) is 4.57 Å². The molecule has 1 fully saturated rings. The summed E-state index contributed by atoms with van der Waals surface area (Å²) in [5, 5.41) is 31.9. The summed E-state index contributed by atoms with van der Waals surface area (Å²) in [5.74, 6) is -2.50. The van der Waals surface area contributed by atoms with Crippen LogP contribution in [-0.2, 0) is 13.8 Å². The van der Waals surface area contributed by atoms with Crippen LogP contribution in [0.25, 0.3) is 10.4 Å². The monoisotopic (exact) mass is 285 g/mol. The Hall–Kier alpha value is -0.740. The number of nitrogens with zero attached hydrogens (tertiary/aromatic N) is 3. The molecular weight excluding hydrogens is 273 g/mol. The van der Waals surface area contributed by atoms with Crippen LogP contribution in [0.3, 0.4) is 0 Å². The van der Waals surface area contributed by atoms with Crippen LogP contribution < -0.4 is 0 Å². The van der Waals surface area contributed by atoms with Crippen LogP contribution in [-0.4, -0.2) is 62.4 Å². The quantitative estimate of drug-likeness (QED) is 0.173. The van der Waals surface area contributed by atoms with Crippen molar-refractivity contribution in [2.45, 2.75) is 24.0 Å². The minimum Gasteiger partial charge on any atom is -0.390 e. The molecule has 0 aromatic carbocycles. The fourth-order valence-corrected chi connectivity index (χ4v) is 1.72. The summed E-state index contributed by atoms with van der Waals surface area (Å²) in [6.07, 6.45) is -3.60. The van der Waals surface area contributed by atoms with Crippen molar-refractivity contribution < 1.29 is 38.9 Å². The molecule has 1 aliphatic heterocycles. The van der Waals surface area contributed by atoms with Crippen LogP contribution in [0.5, 0.6) is 0 Å². The third-order valence-electron chi connectivity index (χ3n) is 2.32. The first-order chi connectivity index (χ1) is 8.19. The first-order valence-electron chi connectivity index (χ1n) is 4.66. The van der Waals surface area contributed by atoms with Crippen LogP contribution in [0, 0.1) is 0 Å². The van der Waals surface area contributed by atoms with E-state index in [1.807, 2.05) is 0 Å². The van der Waals surface area contributed by atoms with Crippen LogP contribution in [0.15, 0.2) is 5.11 Å². The van der Waals surface area contributed by atoms with Gasteiger partial charge in [-0.3, -0.25) is 4.52 Å². The van der Waals surface area contributed by atoms with Crippen LogP contribution in [0.1, 0.15) is 0 Å². The predicted octanol–water partition coefficient (Wildman–Crippen LogP) is -1.78. The molecule has 0 aromatic rings. The fraction of sp³-hybridized carbons (Fsp3) is 1.00. The number of azide groups is 1. The predicted molar refractivity (Wildman–Crippen MR) is 53.8 cm³/mol. The molecule has 18 heavy (non-hydrogen) atoms. The van der Waals surface area contributed by atoms with E-state index in [1.165, 1.54) is 0 Å². The number of phosphoric ester groups is 1. The number of aliphatic hydroxyl groups is 3. The van der Waals surface area contributed by atoms with Gasteiger partial charge < -0.3 is 29.8 Å². The zero-order chi connectivity index (χ0) is 14.0. The van der Waals surface area contributed by atoms with E-state index < -0.39 is 45.1 Å². The molecule has 0 amide bonds. The molecule has 0 unspecified atom stereocenters. The molecule has 1 rings (SSSR count). The molecule has 1 aliphatic rings. The number of hydrogen-bond donors (Lipinski definition) is 5. The standard InChI is InChI=1S/C6H12N3O8P/c7-9-8-3-1-16-6(12,5(11)4(3)10)2-17-18(13,14)15/h3-5,10-12H,1-2H2,(H2,13,14,15)/t3-,4+,5-,6+/m0/s1. The lowest BCUT2D eigenvalue weighted by molar-refractivity contribution is -0.313. The van der Waals surface area contributed by atoms with Crippen molar-refractivity contribution in [2.24, 2.45) is 5.11 Å². The van der Waals surface area contributed by atoms with Gasteiger partial charge in [0.15, 0.2) is 0 Å². The van der Waals surface area contributed by atoms with Crippen molar-refractivity contribution in [1.82, 2.24) is 0 Å². The van der Waals surface area contributed by atoms with Gasteiger partial charge in [-0.15, -0.1) is 0 Å². The van der Waals surface area contributed by atoms with E-state index >= 15 is 0 Å². The average Bonchev–Trinajstić information content (AvgIpc) is 2.27. The van der Waals surface area contributed by atoms with Crippen molar-refractivity contribution in [3.63, 3.8) is 0 Å². The maximum absolute atomic E-state index is 10.5. The Morgan fingerprint density at radius 1 is 1.56 bits per heavy atom. The highest BCUT2D eigenvalue weighted by molar-refractivity contribution is 7.46. The van der Waals surface area contributed by atoms with Crippen molar-refractivity contribution in [3.05, 3.63) is 10.4 Å². The summed E-state index contributed by atoms with van der Waals surface area (Å²) < 4.78 is 19.2. The van der Waals surface area contributed by atoms with Gasteiger partial charge in [-0.2, -0.15) is 0 Å². The molecule has 4 atom stereocenters. The lowest BCUT2D eigenvalue weighted by Gasteiger charge is -2.41. The normalized spacial score (nSPS) is 37.1. The highest BCUT2D eigenvalue weighted by atomic mass is 31.2. The zero-order valence-corrected chi connectivity index (χ0v) is 9.79. The van der Waals surface area contributed by atoms with Gasteiger partial charge in [0.05, 0.1) is 18.8 Å². The van der Waals surface area contributed by atoms with Gasteiger partial charge in [0.1, 0.15) is 12.7 Å². The van der Waals surface area contributed by atoms with Gasteiger partial charge in [0.25, 0.3) is 0 Å². The second-order valence-corrected chi connectivity index (χ2v) is 4.87. The SMILES string of the molecule is [N-]=[N+]=N[C@H]1CO[C@](O)(COP(=O)(O)O)[C@@H](O)[C@@H]1O. The molecule has 0 radical (unpaired) electrons. The topological polar surface area (TPSA) is 185 Å². The van der Waals surface area contributed by atoms with Gasteiger partial charge in [-0.05, 0) is 5.53 Å². The van der Waals surface area contributed by atoms with Gasteiger partial charge in [0, 0.05) is 4.91 Å². The molecule has 1 heterocycles. The minimum absolute atomic E-state index is 0.441. The Morgan fingerprint density at radius 3 is 2.67 bits per heavy atom. The van der Waals surface area contributed by atoms with Crippen LogP contribution in [0.2, 0.25) is 0 Å². The molecular formula is C6H12N3O8P. The molecule has 104 valence electrons. The summed E-state index contributed by atoms with van der Waals surface area (Å²) in [7, 11) is -4.86. The molecule has 0 aliphatic carbocycles. The van der Waals surface area contributed by atoms with Gasteiger partial charge >= 0.3 is 7.82 Å². The van der Waals surface area contributed by atoms with Crippen molar-refractivity contribution in [3.8, 4) is 0 Å². The van der Waals surface area contributed by atoms with Gasteiger partial charge in [0.2, 0.25) is 5.79 Å². The average molecular weight is 285 g/mol. The number of aliphatic hydroxyl groups excluding tert-OH is 2. The number of rotatable bonds is 4. The molecule has 0 aromatic heterocycles. The molecule has 0 saturated carbocycles. The number of hydrogen-bond acceptors (Lipinski definition) is 7. The van der Waals surface area contributed by atoms with E-state index in [1.54, 1.807) is 0 Å². The molecule has 0 spiro atoms. The van der Waals surface area contributed by atoms with Crippen LogP contribution in [0.4, 0.5) is 0 Å². The summed E-state index contributed by atoms with van der Waals surface area (Å²) in [5.41, 5.74) is 8.18. The number of phosphoric acid groups is 1. The van der Waals surface area contributed by atoms with E-state index in [9.17, 15) is 19.9 Å². The Balaban J connectivity index is 2.74. The number of ether oxygens (including phenoxy) is 1. The Kier molecular flexibility index (Phi) is 4.67. The van der Waals surface area contributed by atoms with Crippen molar-refractivity contribution >= 4 is 7.82 Å². The minimum atomic E-state index is -4.86. The summed E-state index contributed by atoms with van der Waals surface area (Å²) in [4.78, 5) is 19.3. The lowest BCUT2D eigenvalue weighted by atomic mass is 9.96. The summed E-state index contributed by atoms with van der Waals surface area (Å²) in [6.45, 7) is -1.50. The largest absolute Gasteiger partial charge is 0.469 e. The Bertz CT molecular complexity index is 394. The third kappa shape index (κ3) is 3.62. The highest BCUT2D eigenvalue weighted by Crippen LogP contribution is 2.38. The maximum atomic E-state index is 10.5. The first kappa shape index (κ1) is 15.3. The van der Waals surface area contributed by atoms with Gasteiger partial charge in [-0.1, -0.05) is 5.11 Å². The smallest absolute Gasteiger partial charge is 0.390 e. The molecule has 12 heteroatoms. The summed E-state index contributed by atoms with van der Waals surface area (Å²) >= 11 is 0. The third-order valence-corrected chi connectivity index (χ3v) is 2.79. The lowest BCUT2D eigenvalue weighted by Crippen LogP contribution is -2.62. The zero-order valence-electron chi connectivity index (χ0n) is 8.90. The van der Waals surface area contributed by atoms with Crippen molar-refractivity contribution in [2.75, 3.05) is 13.2 Å². The molecule has 5 N–H and O–H groups in total. The second kappa shape index (κ2) is 5.49. The Labute approximate surface area is 100 Å². The van der Waals surface area contributed by atoms with E-state index in [-0.39, 0.29) is 0 Å². The molecule has 1 saturated heterocycles. The Morgan fingerprint density at radius 2 is 2.17 bits per heavy atom. The van der Waals surface area contributed by atoms with Crippen molar-refractivity contribution in [1.29, 1.82) is 0 Å². The van der Waals surface area contributed by atoms with E-state index in [0.29, 0.717) is 0 Å². The summed E-state index contributed by atoms with van der Waals surface area (Å²) in [6, 6.07) is -1.12. The van der Waals surface area contributed by atoms with E-state index in [0.717, 1.165) is 0 Å². The fourth-order valence-electron chi connectivity index (χ4n) is 1.36. The highest BCUT2D eigenvalue weighted by Gasteiger charge is 2.49. The first-order valence-corrected chi connectivity index (χ1v) is 6.19.